The fourth-order valence-corrected chi connectivity index (χ4v) is 2.94. The highest BCUT2D eigenvalue weighted by Crippen LogP contribution is 2.24. The molecule has 1 atom stereocenters. The van der Waals surface area contributed by atoms with Crippen LogP contribution in [0.15, 0.2) is 46.9 Å². The molecule has 4 nitrogen and oxygen atoms in total. The highest BCUT2D eigenvalue weighted by molar-refractivity contribution is 5.96. The van der Waals surface area contributed by atoms with E-state index in [2.05, 4.69) is 12.2 Å². The first-order valence-corrected chi connectivity index (χ1v) is 7.74. The molecule has 1 amide bonds. The van der Waals surface area contributed by atoms with E-state index in [1.54, 1.807) is 6.92 Å². The van der Waals surface area contributed by atoms with Crippen LogP contribution in [0.2, 0.25) is 0 Å². The lowest BCUT2D eigenvalue weighted by Gasteiger charge is -2.22. The molecule has 2 heterocycles. The van der Waals surface area contributed by atoms with Gasteiger partial charge in [0.15, 0.2) is 0 Å². The van der Waals surface area contributed by atoms with Crippen LogP contribution >= 0.6 is 0 Å². The smallest absolute Gasteiger partial charge is 0.257 e. The van der Waals surface area contributed by atoms with Crippen LogP contribution in [-0.2, 0) is 0 Å². The molecule has 0 N–H and O–H groups in total. The maximum atomic E-state index is 12.7. The van der Waals surface area contributed by atoms with E-state index in [1.807, 2.05) is 41.3 Å². The quantitative estimate of drug-likeness (QED) is 0.867. The van der Waals surface area contributed by atoms with E-state index in [0.717, 1.165) is 24.9 Å². The van der Waals surface area contributed by atoms with Gasteiger partial charge in [-0.2, -0.15) is 5.26 Å². The average Bonchev–Trinajstić information content (AvgIpc) is 3.19. The Kier molecular flexibility index (Phi) is 4.29. The summed E-state index contributed by atoms with van der Waals surface area (Å²) in [5.41, 5.74) is 1.61. The fraction of sp³-hybridized carbons (Fsp3) is 0.263. The van der Waals surface area contributed by atoms with Crippen LogP contribution in [0.3, 0.4) is 0 Å². The van der Waals surface area contributed by atoms with Crippen molar-refractivity contribution in [1.29, 1.82) is 5.26 Å². The number of benzene rings is 1. The minimum Gasteiger partial charge on any atom is -0.450 e. The summed E-state index contributed by atoms with van der Waals surface area (Å²) in [5, 5.41) is 8.90. The van der Waals surface area contributed by atoms with Crippen LogP contribution in [0, 0.1) is 18.3 Å². The molecule has 1 aliphatic rings. The molecular weight excluding hydrogens is 288 g/mol. The predicted molar refractivity (Wildman–Crippen MR) is 87.7 cm³/mol. The molecule has 2 aromatic rings. The number of carbonyl (C=O) groups is 1. The number of nitrogens with zero attached hydrogens (tertiary/aromatic N) is 2. The maximum Gasteiger partial charge on any atom is 0.257 e. The van der Waals surface area contributed by atoms with E-state index in [4.69, 9.17) is 9.68 Å². The zero-order valence-electron chi connectivity index (χ0n) is 13.0. The van der Waals surface area contributed by atoms with Gasteiger partial charge in [0.25, 0.3) is 5.91 Å². The fourth-order valence-electron chi connectivity index (χ4n) is 2.94. The Bertz CT molecular complexity index is 768. The van der Waals surface area contributed by atoms with Crippen molar-refractivity contribution in [2.45, 2.75) is 25.8 Å². The van der Waals surface area contributed by atoms with Gasteiger partial charge in [0.05, 0.1) is 11.6 Å². The van der Waals surface area contributed by atoms with Crippen molar-refractivity contribution in [2.24, 2.45) is 0 Å². The van der Waals surface area contributed by atoms with Crippen molar-refractivity contribution in [2.75, 3.05) is 6.54 Å². The van der Waals surface area contributed by atoms with Gasteiger partial charge in [-0.25, -0.2) is 0 Å². The molecule has 0 aliphatic carbocycles. The van der Waals surface area contributed by atoms with Crippen molar-refractivity contribution in [3.05, 3.63) is 65.1 Å². The van der Waals surface area contributed by atoms with Gasteiger partial charge < -0.3 is 9.32 Å². The first-order chi connectivity index (χ1) is 11.2. The molecule has 0 bridgehead atoms. The Morgan fingerprint density at radius 2 is 2.17 bits per heavy atom. The molecule has 1 unspecified atom stereocenters. The van der Waals surface area contributed by atoms with E-state index < -0.39 is 0 Å². The van der Waals surface area contributed by atoms with E-state index >= 15 is 0 Å². The van der Waals surface area contributed by atoms with Crippen molar-refractivity contribution in [3.8, 4) is 6.07 Å². The van der Waals surface area contributed by atoms with E-state index in [0.29, 0.717) is 11.3 Å². The van der Waals surface area contributed by atoms with Gasteiger partial charge in [0.1, 0.15) is 11.8 Å². The number of likely N-dealkylation sites (tertiary alicyclic amines) is 1. The molecule has 1 aromatic heterocycles. The van der Waals surface area contributed by atoms with Crippen molar-refractivity contribution >= 4 is 12.0 Å². The highest BCUT2D eigenvalue weighted by atomic mass is 16.3. The Balaban J connectivity index is 1.78. The predicted octanol–water partition coefficient (Wildman–Crippen LogP) is 3.78. The number of rotatable bonds is 3. The molecule has 1 fully saturated rings. The molecule has 3 rings (SSSR count). The van der Waals surface area contributed by atoms with Crippen LogP contribution in [0.1, 0.15) is 40.3 Å². The SMILES string of the molecule is Cc1oc(C#N)cc1C(=O)N1CCCC1/C=C/c1ccccc1. The van der Waals surface area contributed by atoms with E-state index in [1.165, 1.54) is 6.07 Å². The van der Waals surface area contributed by atoms with Gasteiger partial charge in [-0.15, -0.1) is 0 Å². The van der Waals surface area contributed by atoms with E-state index in [-0.39, 0.29) is 17.7 Å². The third-order valence-corrected chi connectivity index (χ3v) is 4.13. The molecule has 0 saturated carbocycles. The van der Waals surface area contributed by atoms with Crippen molar-refractivity contribution < 1.29 is 9.21 Å². The topological polar surface area (TPSA) is 57.2 Å². The molecule has 1 aromatic carbocycles. The normalized spacial score (nSPS) is 17.6. The lowest BCUT2D eigenvalue weighted by Crippen LogP contribution is -2.34. The number of amides is 1. The number of hydrogen-bond donors (Lipinski definition) is 0. The summed E-state index contributed by atoms with van der Waals surface area (Å²) in [7, 11) is 0. The summed E-state index contributed by atoms with van der Waals surface area (Å²) in [6.07, 6.45) is 6.08. The molecule has 4 heteroatoms. The van der Waals surface area contributed by atoms with Crippen LogP contribution in [0.5, 0.6) is 0 Å². The number of hydrogen-bond acceptors (Lipinski definition) is 3. The second-order valence-electron chi connectivity index (χ2n) is 5.67. The first kappa shape index (κ1) is 15.1. The maximum absolute atomic E-state index is 12.7. The molecular formula is C19H18N2O2. The van der Waals surface area contributed by atoms with Crippen molar-refractivity contribution in [1.82, 2.24) is 4.90 Å². The number of carbonyl (C=O) groups excluding carboxylic acids is 1. The number of furan rings is 1. The molecule has 0 spiro atoms. The zero-order chi connectivity index (χ0) is 16.2. The largest absolute Gasteiger partial charge is 0.450 e. The first-order valence-electron chi connectivity index (χ1n) is 7.74. The van der Waals surface area contributed by atoms with Gasteiger partial charge in [-0.1, -0.05) is 42.5 Å². The second-order valence-corrected chi connectivity index (χ2v) is 5.67. The average molecular weight is 306 g/mol. The summed E-state index contributed by atoms with van der Waals surface area (Å²) in [6, 6.07) is 13.6. The second kappa shape index (κ2) is 6.53. The standard InChI is InChI=1S/C19H18N2O2/c1-14-18(12-17(13-20)23-14)19(22)21-11-5-8-16(21)10-9-15-6-3-2-4-7-15/h2-4,6-7,9-10,12,16H,5,8,11H2,1H3/b10-9+. The molecule has 0 radical (unpaired) electrons. The summed E-state index contributed by atoms with van der Waals surface area (Å²) in [5.74, 6) is 0.624. The Labute approximate surface area is 135 Å². The Morgan fingerprint density at radius 1 is 1.39 bits per heavy atom. The number of aryl methyl sites for hydroxylation is 1. The number of nitriles is 1. The third kappa shape index (κ3) is 3.19. The summed E-state index contributed by atoms with van der Waals surface area (Å²) >= 11 is 0. The molecule has 1 saturated heterocycles. The Morgan fingerprint density at radius 3 is 2.87 bits per heavy atom. The Hall–Kier alpha value is -2.80. The van der Waals surface area contributed by atoms with Gasteiger partial charge >= 0.3 is 0 Å². The van der Waals surface area contributed by atoms with Crippen LogP contribution in [0.4, 0.5) is 0 Å². The van der Waals surface area contributed by atoms with Crippen LogP contribution in [0.25, 0.3) is 6.08 Å². The van der Waals surface area contributed by atoms with Gasteiger partial charge in [0.2, 0.25) is 5.76 Å². The van der Waals surface area contributed by atoms with Gasteiger partial charge in [0, 0.05) is 12.6 Å². The molecule has 1 aliphatic heterocycles. The molecule has 116 valence electrons. The van der Waals surface area contributed by atoms with Crippen LogP contribution < -0.4 is 0 Å². The highest BCUT2D eigenvalue weighted by Gasteiger charge is 2.29. The minimum absolute atomic E-state index is 0.0621. The lowest BCUT2D eigenvalue weighted by atomic mass is 10.1. The third-order valence-electron chi connectivity index (χ3n) is 4.13. The van der Waals surface area contributed by atoms with Crippen LogP contribution in [-0.4, -0.2) is 23.4 Å². The summed E-state index contributed by atoms with van der Waals surface area (Å²) in [6.45, 7) is 2.45. The van der Waals surface area contributed by atoms with E-state index in [9.17, 15) is 4.79 Å². The van der Waals surface area contributed by atoms with Gasteiger partial charge in [-0.3, -0.25) is 4.79 Å². The van der Waals surface area contributed by atoms with Gasteiger partial charge in [-0.05, 0) is 25.3 Å². The van der Waals surface area contributed by atoms with Crippen molar-refractivity contribution in [3.63, 3.8) is 0 Å². The zero-order valence-corrected chi connectivity index (χ0v) is 13.0. The summed E-state index contributed by atoms with van der Waals surface area (Å²) < 4.78 is 5.28. The monoisotopic (exact) mass is 306 g/mol. The lowest BCUT2D eigenvalue weighted by molar-refractivity contribution is 0.0760. The summed E-state index contributed by atoms with van der Waals surface area (Å²) in [4.78, 5) is 14.6. The minimum atomic E-state index is -0.0621. The molecule has 23 heavy (non-hydrogen) atoms.